The Hall–Kier alpha value is -2.07. The molecule has 1 aromatic carbocycles. The highest BCUT2D eigenvalue weighted by atomic mass is 79.9. The fourth-order valence-electron chi connectivity index (χ4n) is 2.32. The van der Waals surface area contributed by atoms with Crippen molar-refractivity contribution in [2.45, 2.75) is 38.5 Å². The van der Waals surface area contributed by atoms with E-state index in [1.165, 1.54) is 6.92 Å². The van der Waals surface area contributed by atoms with Crippen LogP contribution in [0.2, 0.25) is 0 Å². The summed E-state index contributed by atoms with van der Waals surface area (Å²) in [5.41, 5.74) is 0.795. The molecule has 0 aliphatic heterocycles. The molecule has 0 aliphatic carbocycles. The predicted octanol–water partition coefficient (Wildman–Crippen LogP) is 2.59. The van der Waals surface area contributed by atoms with Crippen LogP contribution in [0.25, 0.3) is 0 Å². The summed E-state index contributed by atoms with van der Waals surface area (Å²) in [6.45, 7) is 1.46. The largest absolute Gasteiger partial charge is 0.480 e. The molecule has 3 N–H and O–H groups in total. The summed E-state index contributed by atoms with van der Waals surface area (Å²) in [7, 11) is -1.20. The number of aliphatic carboxylic acids is 1. The molecule has 1 rings (SSSR count). The van der Waals surface area contributed by atoms with Crippen LogP contribution in [-0.2, 0) is 25.7 Å². The van der Waals surface area contributed by atoms with Gasteiger partial charge in [-0.2, -0.15) is 8.46 Å². The van der Waals surface area contributed by atoms with Crippen molar-refractivity contribution in [1.82, 2.24) is 10.6 Å². The number of carboxylic acids is 1. The number of hydrogen-bond acceptors (Lipinski definition) is 5. The molecule has 0 saturated heterocycles. The first kappa shape index (κ1) is 25.0. The maximum absolute atomic E-state index is 12.2. The predicted molar refractivity (Wildman–Crippen MR) is 116 cm³/mol. The lowest BCUT2D eigenvalue weighted by Gasteiger charge is -2.22. The Labute approximate surface area is 179 Å². The number of halogens is 1. The van der Waals surface area contributed by atoms with Crippen molar-refractivity contribution in [3.8, 4) is 0 Å². The Morgan fingerprint density at radius 1 is 1.14 bits per heavy atom. The fraction of sp³-hybridized carbons (Fsp3) is 0.474. The normalized spacial score (nSPS) is 13.7. The van der Waals surface area contributed by atoms with Crippen molar-refractivity contribution in [2.24, 2.45) is 0 Å². The highest BCUT2D eigenvalue weighted by Crippen LogP contribution is 2.47. The SMILES string of the molecule is CC(NC(=O)OCc1ccccc1)C(=O)NC(CCC(=O)CS(C)(C)Br)C(=O)O. The van der Waals surface area contributed by atoms with E-state index in [1.54, 1.807) is 12.1 Å². The van der Waals surface area contributed by atoms with Crippen LogP contribution in [0.1, 0.15) is 25.3 Å². The first-order chi connectivity index (χ1) is 13.5. The van der Waals surface area contributed by atoms with Crippen LogP contribution in [0.15, 0.2) is 30.3 Å². The second-order valence-electron chi connectivity index (χ2n) is 6.95. The van der Waals surface area contributed by atoms with Crippen molar-refractivity contribution >= 4 is 47.0 Å². The quantitative estimate of drug-likeness (QED) is 0.438. The molecule has 0 radical (unpaired) electrons. The average molecular weight is 491 g/mol. The Morgan fingerprint density at radius 3 is 2.31 bits per heavy atom. The lowest BCUT2D eigenvalue weighted by atomic mass is 10.1. The number of carbonyl (C=O) groups excluding carboxylic acids is 3. The van der Waals surface area contributed by atoms with Gasteiger partial charge < -0.3 is 20.5 Å². The number of hydrogen-bond donors (Lipinski definition) is 3. The smallest absolute Gasteiger partial charge is 0.408 e. The first-order valence-corrected chi connectivity index (χ1v) is 13.4. The molecule has 162 valence electrons. The van der Waals surface area contributed by atoms with Gasteiger partial charge in [0.2, 0.25) is 5.91 Å². The van der Waals surface area contributed by atoms with Crippen molar-refractivity contribution in [1.29, 1.82) is 0 Å². The molecule has 8 nitrogen and oxygen atoms in total. The van der Waals surface area contributed by atoms with E-state index >= 15 is 0 Å². The van der Waals surface area contributed by atoms with E-state index in [0.717, 1.165) is 5.56 Å². The summed E-state index contributed by atoms with van der Waals surface area (Å²) in [6.07, 6.45) is 3.08. The Bertz CT molecular complexity index is 723. The summed E-state index contributed by atoms with van der Waals surface area (Å²) in [4.78, 5) is 47.4. The monoisotopic (exact) mass is 490 g/mol. The van der Waals surface area contributed by atoms with E-state index in [-0.39, 0.29) is 25.2 Å². The Morgan fingerprint density at radius 2 is 1.76 bits per heavy atom. The summed E-state index contributed by atoms with van der Waals surface area (Å²) in [5.74, 6) is -1.65. The molecule has 0 aliphatic rings. The second-order valence-corrected chi connectivity index (χ2v) is 15.3. The Balaban J connectivity index is 2.47. The molecular weight excluding hydrogens is 464 g/mol. The Kier molecular flexibility index (Phi) is 10.2. The standard InChI is InChI=1S/C19H27BrN2O6S/c1-13(21-19(27)28-11-14-7-5-4-6-8-14)17(24)22-16(18(25)26)10-9-15(23)12-29(2,3)20/h4-8,13,16H,9-12H2,1-3H3,(H,21,27)(H,22,24)(H,25,26). The van der Waals surface area contributed by atoms with E-state index in [0.29, 0.717) is 5.75 Å². The van der Waals surface area contributed by atoms with Crippen molar-refractivity contribution in [3.05, 3.63) is 35.9 Å². The van der Waals surface area contributed by atoms with Crippen LogP contribution in [0.4, 0.5) is 4.79 Å². The molecule has 29 heavy (non-hydrogen) atoms. The van der Waals surface area contributed by atoms with Crippen LogP contribution in [0, 0.1) is 0 Å². The van der Waals surface area contributed by atoms with Gasteiger partial charge in [0.15, 0.2) is 0 Å². The minimum Gasteiger partial charge on any atom is -0.480 e. The van der Waals surface area contributed by atoms with Crippen molar-refractivity contribution < 1.29 is 29.0 Å². The van der Waals surface area contributed by atoms with Gasteiger partial charge in [-0.25, -0.2) is 9.59 Å². The van der Waals surface area contributed by atoms with Gasteiger partial charge in [0.25, 0.3) is 0 Å². The third-order valence-corrected chi connectivity index (χ3v) is 5.47. The number of amides is 2. The molecule has 0 aromatic heterocycles. The van der Waals surface area contributed by atoms with E-state index in [4.69, 9.17) is 4.74 Å². The number of carboxylic acid groups (broad SMARTS) is 1. The summed E-state index contributed by atoms with van der Waals surface area (Å²) < 4.78 is 5.03. The van der Waals surface area contributed by atoms with E-state index in [2.05, 4.69) is 25.4 Å². The van der Waals surface area contributed by atoms with E-state index in [1.807, 2.05) is 30.7 Å². The average Bonchev–Trinajstić information content (AvgIpc) is 2.62. The molecule has 0 saturated carbocycles. The number of benzene rings is 1. The van der Waals surface area contributed by atoms with Gasteiger partial charge in [-0.05, 0) is 46.2 Å². The van der Waals surface area contributed by atoms with Gasteiger partial charge in [-0.1, -0.05) is 30.3 Å². The molecule has 2 atom stereocenters. The number of rotatable bonds is 11. The van der Waals surface area contributed by atoms with Gasteiger partial charge in [0.05, 0.1) is 0 Å². The minimum absolute atomic E-state index is 0.0202. The number of carbonyl (C=O) groups is 4. The summed E-state index contributed by atoms with van der Waals surface area (Å²) in [5, 5.41) is 14.0. The third kappa shape index (κ3) is 10.9. The number of nitrogens with one attached hydrogen (secondary N) is 2. The highest BCUT2D eigenvalue weighted by Gasteiger charge is 2.25. The lowest BCUT2D eigenvalue weighted by Crippen LogP contribution is -2.50. The summed E-state index contributed by atoms with van der Waals surface area (Å²) >= 11 is 3.45. The molecule has 0 fully saturated rings. The van der Waals surface area contributed by atoms with Crippen LogP contribution < -0.4 is 10.6 Å². The van der Waals surface area contributed by atoms with Crippen LogP contribution in [-0.4, -0.2) is 59.2 Å². The first-order valence-electron chi connectivity index (χ1n) is 8.90. The van der Waals surface area contributed by atoms with Gasteiger partial charge >= 0.3 is 12.1 Å². The van der Waals surface area contributed by atoms with Crippen LogP contribution >= 0.6 is 23.3 Å². The van der Waals surface area contributed by atoms with Gasteiger partial charge in [0.1, 0.15) is 24.5 Å². The second kappa shape index (κ2) is 11.8. The molecule has 0 heterocycles. The van der Waals surface area contributed by atoms with Gasteiger partial charge in [-0.3, -0.25) is 9.59 Å². The van der Waals surface area contributed by atoms with Gasteiger partial charge in [0, 0.05) is 12.2 Å². The minimum atomic E-state index is -1.24. The summed E-state index contributed by atoms with van der Waals surface area (Å²) in [6, 6.07) is 6.82. The van der Waals surface area contributed by atoms with E-state index < -0.39 is 38.5 Å². The molecule has 0 spiro atoms. The zero-order valence-electron chi connectivity index (χ0n) is 16.6. The van der Waals surface area contributed by atoms with Crippen molar-refractivity contribution in [3.63, 3.8) is 0 Å². The molecule has 0 bridgehead atoms. The van der Waals surface area contributed by atoms with Gasteiger partial charge in [-0.15, -0.1) is 0 Å². The maximum Gasteiger partial charge on any atom is 0.408 e. The zero-order chi connectivity index (χ0) is 22.0. The van der Waals surface area contributed by atoms with Crippen LogP contribution in [0.5, 0.6) is 0 Å². The molecular formula is C19H27BrN2O6S. The maximum atomic E-state index is 12.2. The number of alkyl carbamates (subject to hydrolysis) is 1. The molecule has 1 aromatic rings. The number of ketones is 1. The lowest BCUT2D eigenvalue weighted by molar-refractivity contribution is -0.142. The molecule has 2 amide bonds. The zero-order valence-corrected chi connectivity index (χ0v) is 19.0. The van der Waals surface area contributed by atoms with Crippen LogP contribution in [0.3, 0.4) is 0 Å². The molecule has 10 heteroatoms. The fourth-order valence-corrected chi connectivity index (χ4v) is 4.00. The number of Topliss-reactive ketones (excluding diaryl/α,β-unsaturated/α-hetero) is 1. The highest BCUT2D eigenvalue weighted by molar-refractivity contribution is 9.58. The molecule has 2 unspecified atom stereocenters. The topological polar surface area (TPSA) is 122 Å². The van der Waals surface area contributed by atoms with E-state index in [9.17, 15) is 24.3 Å². The number of ether oxygens (including phenoxy) is 1. The third-order valence-electron chi connectivity index (χ3n) is 3.77. The van der Waals surface area contributed by atoms with Crippen molar-refractivity contribution in [2.75, 3.05) is 18.3 Å².